The average Bonchev–Trinajstić information content (AvgIpc) is 2.17. The third-order valence-electron chi connectivity index (χ3n) is 1.47. The fourth-order valence-corrected chi connectivity index (χ4v) is 1.19. The highest BCUT2D eigenvalue weighted by atomic mass is 79.9. The fourth-order valence-electron chi connectivity index (χ4n) is 0.834. The number of halogens is 5. The van der Waals surface area contributed by atoms with E-state index in [4.69, 9.17) is 4.74 Å². The van der Waals surface area contributed by atoms with Gasteiger partial charge < -0.3 is 9.47 Å². The Labute approximate surface area is 97.3 Å². The molecule has 0 aliphatic heterocycles. The van der Waals surface area contributed by atoms with E-state index in [1.807, 2.05) is 0 Å². The summed E-state index contributed by atoms with van der Waals surface area (Å²) < 4.78 is 56.9. The van der Waals surface area contributed by atoms with Crippen LogP contribution in [-0.4, -0.2) is 19.6 Å². The number of hydrogen-bond acceptors (Lipinski definition) is 2. The van der Waals surface area contributed by atoms with E-state index in [2.05, 4.69) is 20.7 Å². The summed E-state index contributed by atoms with van der Waals surface area (Å²) >= 11 is 2.91. The van der Waals surface area contributed by atoms with Crippen molar-refractivity contribution >= 4 is 15.9 Å². The highest BCUT2D eigenvalue weighted by Crippen LogP contribution is 2.21. The van der Waals surface area contributed by atoms with Crippen molar-refractivity contribution in [1.82, 2.24) is 0 Å². The molecule has 0 aliphatic rings. The van der Waals surface area contributed by atoms with Gasteiger partial charge in [0.2, 0.25) is 0 Å². The Morgan fingerprint density at radius 3 is 2.50 bits per heavy atom. The third kappa shape index (κ3) is 4.80. The smallest absolute Gasteiger partial charge is 0.411 e. The van der Waals surface area contributed by atoms with Gasteiger partial charge in [-0.05, 0) is 34.1 Å². The van der Waals surface area contributed by atoms with E-state index in [-0.39, 0.29) is 10.2 Å². The van der Waals surface area contributed by atoms with Crippen molar-refractivity contribution in [3.8, 4) is 5.75 Å². The third-order valence-corrected chi connectivity index (χ3v) is 2.07. The van der Waals surface area contributed by atoms with Gasteiger partial charge >= 0.3 is 6.18 Å². The molecule has 0 heterocycles. The predicted molar refractivity (Wildman–Crippen MR) is 51.6 cm³/mol. The predicted octanol–water partition coefficient (Wildman–Crippen LogP) is 3.50. The maximum absolute atomic E-state index is 12.8. The lowest BCUT2D eigenvalue weighted by molar-refractivity contribution is -0.186. The molecule has 0 spiro atoms. The van der Waals surface area contributed by atoms with Gasteiger partial charge in [0.1, 0.15) is 18.2 Å². The summed E-state index contributed by atoms with van der Waals surface area (Å²) in [5.41, 5.74) is 0. The van der Waals surface area contributed by atoms with Gasteiger partial charge in [0, 0.05) is 0 Å². The highest BCUT2D eigenvalue weighted by Gasteiger charge is 2.27. The summed E-state index contributed by atoms with van der Waals surface area (Å²) in [6, 6.07) is 3.71. The molecule has 0 saturated carbocycles. The normalized spacial score (nSPS) is 11.6. The number of rotatable bonds is 4. The Bertz CT molecular complexity index is 354. The van der Waals surface area contributed by atoms with Crippen LogP contribution < -0.4 is 4.74 Å². The van der Waals surface area contributed by atoms with Gasteiger partial charge in [0.25, 0.3) is 0 Å². The summed E-state index contributed by atoms with van der Waals surface area (Å²) in [5, 5.41) is 0. The summed E-state index contributed by atoms with van der Waals surface area (Å²) in [6.07, 6.45) is -4.38. The van der Waals surface area contributed by atoms with Crippen molar-refractivity contribution in [2.24, 2.45) is 0 Å². The van der Waals surface area contributed by atoms with Gasteiger partial charge in [-0.2, -0.15) is 13.2 Å². The fraction of sp³-hybridized carbons (Fsp3) is 0.333. The minimum Gasteiger partial charge on any atom is -0.468 e. The van der Waals surface area contributed by atoms with E-state index < -0.39 is 25.4 Å². The molecule has 0 saturated heterocycles. The molecular weight excluding hydrogens is 296 g/mol. The van der Waals surface area contributed by atoms with Crippen LogP contribution in [0.4, 0.5) is 17.6 Å². The summed E-state index contributed by atoms with van der Waals surface area (Å²) in [7, 11) is 0. The lowest BCUT2D eigenvalue weighted by Crippen LogP contribution is -2.19. The number of alkyl halides is 3. The zero-order valence-corrected chi connectivity index (χ0v) is 9.44. The van der Waals surface area contributed by atoms with Crippen LogP contribution in [0.5, 0.6) is 5.75 Å². The molecule has 1 rings (SSSR count). The molecule has 7 heteroatoms. The monoisotopic (exact) mass is 302 g/mol. The first-order valence-electron chi connectivity index (χ1n) is 4.11. The Morgan fingerprint density at radius 1 is 1.25 bits per heavy atom. The molecule has 16 heavy (non-hydrogen) atoms. The number of hydrogen-bond donors (Lipinski definition) is 0. The van der Waals surface area contributed by atoms with Crippen LogP contribution in [0.15, 0.2) is 22.7 Å². The number of benzene rings is 1. The van der Waals surface area contributed by atoms with Gasteiger partial charge in [-0.25, -0.2) is 4.39 Å². The lowest BCUT2D eigenvalue weighted by atomic mass is 10.3. The van der Waals surface area contributed by atoms with Gasteiger partial charge in [-0.3, -0.25) is 0 Å². The Hall–Kier alpha value is -0.820. The van der Waals surface area contributed by atoms with Crippen molar-refractivity contribution < 1.29 is 27.0 Å². The second-order valence-corrected chi connectivity index (χ2v) is 3.66. The van der Waals surface area contributed by atoms with Crippen LogP contribution in [0.1, 0.15) is 0 Å². The van der Waals surface area contributed by atoms with E-state index in [1.54, 1.807) is 0 Å². The first-order valence-corrected chi connectivity index (χ1v) is 4.90. The van der Waals surface area contributed by atoms with E-state index >= 15 is 0 Å². The Morgan fingerprint density at radius 2 is 1.94 bits per heavy atom. The Kier molecular flexibility index (Phi) is 4.55. The summed E-state index contributed by atoms with van der Waals surface area (Å²) in [6.45, 7) is -1.92. The molecule has 0 atom stereocenters. The molecule has 0 bridgehead atoms. The highest BCUT2D eigenvalue weighted by molar-refractivity contribution is 9.10. The van der Waals surface area contributed by atoms with Gasteiger partial charge in [-0.1, -0.05) is 0 Å². The molecule has 90 valence electrons. The van der Waals surface area contributed by atoms with E-state index in [1.165, 1.54) is 12.1 Å². The SMILES string of the molecule is Fc1ccc(OCOCC(F)(F)F)cc1Br. The van der Waals surface area contributed by atoms with E-state index in [0.29, 0.717) is 0 Å². The van der Waals surface area contributed by atoms with Crippen molar-refractivity contribution in [2.45, 2.75) is 6.18 Å². The second kappa shape index (κ2) is 5.49. The van der Waals surface area contributed by atoms with Crippen LogP contribution in [0, 0.1) is 5.82 Å². The summed E-state index contributed by atoms with van der Waals surface area (Å²) in [5.74, 6) is -0.265. The standard InChI is InChI=1S/C9H7BrF4O2/c10-7-3-6(1-2-8(7)11)16-5-15-4-9(12,13)14/h1-3H,4-5H2. The quantitative estimate of drug-likeness (QED) is 0.481. The first kappa shape index (κ1) is 13.2. The van der Waals surface area contributed by atoms with Crippen molar-refractivity contribution in [2.75, 3.05) is 13.4 Å². The first-order chi connectivity index (χ1) is 7.38. The van der Waals surface area contributed by atoms with Crippen molar-refractivity contribution in [3.63, 3.8) is 0 Å². The van der Waals surface area contributed by atoms with Crippen LogP contribution in [0.3, 0.4) is 0 Å². The number of ether oxygens (including phenoxy) is 2. The van der Waals surface area contributed by atoms with Crippen LogP contribution in [0.25, 0.3) is 0 Å². The largest absolute Gasteiger partial charge is 0.468 e. The molecule has 1 aromatic rings. The van der Waals surface area contributed by atoms with Gasteiger partial charge in [-0.15, -0.1) is 0 Å². The molecule has 0 aromatic heterocycles. The molecule has 0 amide bonds. The van der Waals surface area contributed by atoms with Crippen LogP contribution >= 0.6 is 15.9 Å². The zero-order valence-electron chi connectivity index (χ0n) is 7.85. The average molecular weight is 303 g/mol. The lowest BCUT2D eigenvalue weighted by Gasteiger charge is -2.09. The van der Waals surface area contributed by atoms with Gasteiger partial charge in [0.05, 0.1) is 4.47 Å². The minimum absolute atomic E-state index is 0.167. The minimum atomic E-state index is -4.38. The molecule has 2 nitrogen and oxygen atoms in total. The molecular formula is C9H7BrF4O2. The molecule has 0 fully saturated rings. The van der Waals surface area contributed by atoms with Crippen molar-refractivity contribution in [3.05, 3.63) is 28.5 Å². The molecule has 0 radical (unpaired) electrons. The molecule has 0 aliphatic carbocycles. The van der Waals surface area contributed by atoms with Crippen LogP contribution in [-0.2, 0) is 4.74 Å². The van der Waals surface area contributed by atoms with Gasteiger partial charge in [0.15, 0.2) is 6.79 Å². The summed E-state index contributed by atoms with van der Waals surface area (Å²) in [4.78, 5) is 0. The van der Waals surface area contributed by atoms with E-state index in [9.17, 15) is 17.6 Å². The second-order valence-electron chi connectivity index (χ2n) is 2.80. The maximum Gasteiger partial charge on any atom is 0.411 e. The maximum atomic E-state index is 12.8. The Balaban J connectivity index is 2.35. The topological polar surface area (TPSA) is 18.5 Å². The zero-order chi connectivity index (χ0) is 12.2. The molecule has 0 unspecified atom stereocenters. The van der Waals surface area contributed by atoms with Crippen LogP contribution in [0.2, 0.25) is 0 Å². The molecule has 1 aromatic carbocycles. The van der Waals surface area contributed by atoms with Crippen molar-refractivity contribution in [1.29, 1.82) is 0 Å². The molecule has 0 N–H and O–H groups in total. The van der Waals surface area contributed by atoms with E-state index in [0.717, 1.165) is 6.07 Å².